The first-order valence-electron chi connectivity index (χ1n) is 6.05. The van der Waals surface area contributed by atoms with Gasteiger partial charge in [-0.2, -0.15) is 5.26 Å². The number of rotatable bonds is 2. The number of ether oxygens (including phenoxy) is 1. The molecule has 0 radical (unpaired) electrons. The molecule has 0 saturated heterocycles. The summed E-state index contributed by atoms with van der Waals surface area (Å²) in [6.45, 7) is 0. The van der Waals surface area contributed by atoms with Crippen molar-refractivity contribution in [3.8, 4) is 23.3 Å². The summed E-state index contributed by atoms with van der Waals surface area (Å²) in [7, 11) is 0. The molecule has 0 amide bonds. The van der Waals surface area contributed by atoms with Gasteiger partial charge in [0.25, 0.3) is 0 Å². The van der Waals surface area contributed by atoms with Crippen molar-refractivity contribution in [3.63, 3.8) is 0 Å². The molecule has 3 aromatic rings. The lowest BCUT2D eigenvalue weighted by Crippen LogP contribution is -1.93. The van der Waals surface area contributed by atoms with Crippen molar-refractivity contribution < 1.29 is 23.0 Å². The fourth-order valence-corrected chi connectivity index (χ4v) is 2.01. The molecule has 22 heavy (non-hydrogen) atoms. The number of hydrogen-bond donors (Lipinski definition) is 1. The normalized spacial score (nSPS) is 10.6. The zero-order valence-electron chi connectivity index (χ0n) is 10.8. The Balaban J connectivity index is 2.13. The molecule has 0 fully saturated rings. The first-order valence-corrected chi connectivity index (χ1v) is 6.05. The molecule has 0 atom stereocenters. The van der Waals surface area contributed by atoms with Crippen molar-refractivity contribution in [1.29, 1.82) is 5.26 Å². The van der Waals surface area contributed by atoms with Crippen LogP contribution in [0.3, 0.4) is 0 Å². The quantitative estimate of drug-likeness (QED) is 0.785. The van der Waals surface area contributed by atoms with Crippen molar-refractivity contribution >= 4 is 5.52 Å². The SMILES string of the molecule is N#Cc1cc2c(Oc3cc(F)c(F)cc3O)cc(F)cn2c1. The number of nitriles is 1. The van der Waals surface area contributed by atoms with Crippen molar-refractivity contribution in [2.75, 3.05) is 0 Å². The van der Waals surface area contributed by atoms with Crippen LogP contribution in [0.4, 0.5) is 13.2 Å². The van der Waals surface area contributed by atoms with Gasteiger partial charge in [-0.15, -0.1) is 0 Å². The van der Waals surface area contributed by atoms with Gasteiger partial charge in [-0.1, -0.05) is 0 Å². The molecule has 0 unspecified atom stereocenters. The van der Waals surface area contributed by atoms with Gasteiger partial charge >= 0.3 is 0 Å². The molecule has 3 rings (SSSR count). The first kappa shape index (κ1) is 13.8. The first-order chi connectivity index (χ1) is 10.5. The van der Waals surface area contributed by atoms with Crippen LogP contribution in [0.1, 0.15) is 5.56 Å². The van der Waals surface area contributed by atoms with Crippen molar-refractivity contribution in [3.05, 3.63) is 59.7 Å². The predicted octanol–water partition coefficient (Wildman–Crippen LogP) is 3.73. The van der Waals surface area contributed by atoms with E-state index in [1.165, 1.54) is 16.7 Å². The number of halogens is 3. The second-order valence-electron chi connectivity index (χ2n) is 4.49. The molecule has 0 bridgehead atoms. The Morgan fingerprint density at radius 3 is 2.45 bits per heavy atom. The van der Waals surface area contributed by atoms with Crippen LogP contribution in [-0.4, -0.2) is 9.51 Å². The van der Waals surface area contributed by atoms with Gasteiger partial charge in [0.2, 0.25) is 0 Å². The molecule has 0 spiro atoms. The number of nitrogens with zero attached hydrogens (tertiary/aromatic N) is 2. The molecule has 110 valence electrons. The van der Waals surface area contributed by atoms with E-state index in [0.29, 0.717) is 17.6 Å². The minimum atomic E-state index is -1.23. The van der Waals surface area contributed by atoms with E-state index in [1.807, 2.05) is 6.07 Å². The van der Waals surface area contributed by atoms with Crippen LogP contribution in [0, 0.1) is 28.8 Å². The fourth-order valence-electron chi connectivity index (χ4n) is 2.01. The molecular weight excluding hydrogens is 297 g/mol. The monoisotopic (exact) mass is 304 g/mol. The molecule has 0 aliphatic carbocycles. The number of aromatic hydroxyl groups is 1. The van der Waals surface area contributed by atoms with Crippen LogP contribution < -0.4 is 4.74 Å². The third-order valence-electron chi connectivity index (χ3n) is 2.98. The predicted molar refractivity (Wildman–Crippen MR) is 70.2 cm³/mol. The average Bonchev–Trinajstić information content (AvgIpc) is 2.87. The van der Waals surface area contributed by atoms with E-state index in [4.69, 9.17) is 10.00 Å². The van der Waals surface area contributed by atoms with E-state index in [1.54, 1.807) is 0 Å². The fraction of sp³-hybridized carbons (Fsp3) is 0. The molecular formula is C15H7F3N2O2. The van der Waals surface area contributed by atoms with E-state index >= 15 is 0 Å². The third kappa shape index (κ3) is 2.31. The maximum Gasteiger partial charge on any atom is 0.172 e. The summed E-state index contributed by atoms with van der Waals surface area (Å²) in [5.74, 6) is -4.16. The molecule has 0 aliphatic rings. The topological polar surface area (TPSA) is 57.7 Å². The van der Waals surface area contributed by atoms with Crippen molar-refractivity contribution in [2.45, 2.75) is 0 Å². The van der Waals surface area contributed by atoms with E-state index < -0.39 is 23.2 Å². The van der Waals surface area contributed by atoms with Crippen LogP contribution in [0.2, 0.25) is 0 Å². The maximum absolute atomic E-state index is 13.6. The highest BCUT2D eigenvalue weighted by atomic mass is 19.2. The Bertz CT molecular complexity index is 929. The van der Waals surface area contributed by atoms with Crippen molar-refractivity contribution in [2.24, 2.45) is 0 Å². The van der Waals surface area contributed by atoms with Gasteiger partial charge in [-0.25, -0.2) is 13.2 Å². The van der Waals surface area contributed by atoms with Gasteiger partial charge in [0, 0.05) is 30.6 Å². The van der Waals surface area contributed by atoms with E-state index in [9.17, 15) is 18.3 Å². The molecule has 1 aromatic carbocycles. The average molecular weight is 304 g/mol. The number of hydrogen-bond acceptors (Lipinski definition) is 3. The number of aromatic nitrogens is 1. The minimum absolute atomic E-state index is 0.0530. The molecule has 0 aliphatic heterocycles. The van der Waals surface area contributed by atoms with Crippen LogP contribution in [0.15, 0.2) is 36.7 Å². The lowest BCUT2D eigenvalue weighted by Gasteiger charge is -2.10. The Kier molecular flexibility index (Phi) is 3.14. The van der Waals surface area contributed by atoms with Crippen LogP contribution in [0.5, 0.6) is 17.2 Å². The van der Waals surface area contributed by atoms with Crippen LogP contribution >= 0.6 is 0 Å². The van der Waals surface area contributed by atoms with Gasteiger partial charge in [-0.3, -0.25) is 0 Å². The van der Waals surface area contributed by atoms with E-state index in [0.717, 1.165) is 12.3 Å². The summed E-state index contributed by atoms with van der Waals surface area (Å²) in [5.41, 5.74) is 0.604. The zero-order chi connectivity index (χ0) is 15.9. The highest BCUT2D eigenvalue weighted by molar-refractivity contribution is 5.65. The number of fused-ring (bicyclic) bond motifs is 1. The molecule has 4 nitrogen and oxygen atoms in total. The van der Waals surface area contributed by atoms with Gasteiger partial charge < -0.3 is 14.2 Å². The standard InChI is InChI=1S/C15H7F3N2O2/c16-9-2-14(12-1-8(5-19)6-20(12)7-9)22-15-4-11(18)10(17)3-13(15)21/h1-4,6-7,21H. The lowest BCUT2D eigenvalue weighted by molar-refractivity contribution is 0.397. The number of phenolic OH excluding ortho intramolecular Hbond substituents is 1. The largest absolute Gasteiger partial charge is 0.504 e. The molecule has 7 heteroatoms. The van der Waals surface area contributed by atoms with Gasteiger partial charge in [0.05, 0.1) is 11.1 Å². The van der Waals surface area contributed by atoms with Gasteiger partial charge in [-0.05, 0) is 6.07 Å². The summed E-state index contributed by atoms with van der Waals surface area (Å²) < 4.78 is 46.4. The Hall–Kier alpha value is -3.14. The number of pyridine rings is 1. The summed E-state index contributed by atoms with van der Waals surface area (Å²) in [6.07, 6.45) is 2.52. The Labute approximate surface area is 122 Å². The number of benzene rings is 1. The highest BCUT2D eigenvalue weighted by Crippen LogP contribution is 2.35. The number of phenols is 1. The Morgan fingerprint density at radius 2 is 1.73 bits per heavy atom. The third-order valence-corrected chi connectivity index (χ3v) is 2.98. The smallest absolute Gasteiger partial charge is 0.172 e. The summed E-state index contributed by atoms with van der Waals surface area (Å²) in [6, 6.07) is 5.55. The van der Waals surface area contributed by atoms with Crippen LogP contribution in [0.25, 0.3) is 5.52 Å². The van der Waals surface area contributed by atoms with E-state index in [-0.39, 0.29) is 17.1 Å². The minimum Gasteiger partial charge on any atom is -0.504 e. The highest BCUT2D eigenvalue weighted by Gasteiger charge is 2.14. The molecule has 0 saturated carbocycles. The second-order valence-corrected chi connectivity index (χ2v) is 4.49. The zero-order valence-corrected chi connectivity index (χ0v) is 10.8. The van der Waals surface area contributed by atoms with Crippen molar-refractivity contribution in [1.82, 2.24) is 4.40 Å². The van der Waals surface area contributed by atoms with Gasteiger partial charge in [0.1, 0.15) is 11.9 Å². The molecule has 1 N–H and O–H groups in total. The summed E-state index contributed by atoms with van der Waals surface area (Å²) >= 11 is 0. The molecule has 2 aromatic heterocycles. The maximum atomic E-state index is 13.6. The Morgan fingerprint density at radius 1 is 1.00 bits per heavy atom. The van der Waals surface area contributed by atoms with E-state index in [2.05, 4.69) is 0 Å². The molecule has 2 heterocycles. The summed E-state index contributed by atoms with van der Waals surface area (Å²) in [4.78, 5) is 0. The van der Waals surface area contributed by atoms with Gasteiger partial charge in [0.15, 0.2) is 28.9 Å². The summed E-state index contributed by atoms with van der Waals surface area (Å²) in [5, 5.41) is 18.5. The second kappa shape index (κ2) is 5.00. The van der Waals surface area contributed by atoms with Crippen LogP contribution in [-0.2, 0) is 0 Å². The lowest BCUT2D eigenvalue weighted by atomic mass is 10.3.